The lowest BCUT2D eigenvalue weighted by Crippen LogP contribution is -3.15. The van der Waals surface area contributed by atoms with Gasteiger partial charge in [0.15, 0.2) is 11.8 Å². The van der Waals surface area contributed by atoms with E-state index in [1.165, 1.54) is 17.0 Å². The summed E-state index contributed by atoms with van der Waals surface area (Å²) in [5.41, 5.74) is -0.589. The number of morpholine rings is 1. The number of alkyl halides is 3. The highest BCUT2D eigenvalue weighted by Crippen LogP contribution is 2.29. The van der Waals surface area contributed by atoms with Crippen molar-refractivity contribution in [2.45, 2.75) is 12.2 Å². The summed E-state index contributed by atoms with van der Waals surface area (Å²) in [7, 11) is 0. The van der Waals surface area contributed by atoms with E-state index in [-0.39, 0.29) is 11.6 Å². The summed E-state index contributed by atoms with van der Waals surface area (Å²) in [5.74, 6) is 0.345. The van der Waals surface area contributed by atoms with Crippen LogP contribution in [0.1, 0.15) is 27.7 Å². The van der Waals surface area contributed by atoms with Gasteiger partial charge in [0.25, 0.3) is 5.91 Å². The second-order valence-corrected chi connectivity index (χ2v) is 6.12. The number of ether oxygens (including phenoxy) is 1. The Hall–Kier alpha value is -2.32. The third kappa shape index (κ3) is 4.44. The summed E-state index contributed by atoms with van der Waals surface area (Å²) in [6.07, 6.45) is -2.83. The quantitative estimate of drug-likeness (QED) is 0.843. The van der Waals surface area contributed by atoms with Gasteiger partial charge in [-0.2, -0.15) is 13.2 Å². The molecule has 0 radical (unpaired) electrons. The summed E-state index contributed by atoms with van der Waals surface area (Å²) in [6.45, 7) is 3.19. The predicted molar refractivity (Wildman–Crippen MR) is 86.7 cm³/mol. The van der Waals surface area contributed by atoms with E-state index in [2.05, 4.69) is 5.32 Å². The van der Waals surface area contributed by atoms with Crippen molar-refractivity contribution in [2.75, 3.05) is 32.8 Å². The number of hydrogen-bond donors (Lipinski definition) is 2. The highest BCUT2D eigenvalue weighted by Gasteiger charge is 2.31. The first kappa shape index (κ1) is 18.5. The summed E-state index contributed by atoms with van der Waals surface area (Å²) in [6, 6.07) is 7.76. The molecule has 1 aromatic carbocycles. The topological polar surface area (TPSA) is 55.9 Å². The van der Waals surface area contributed by atoms with E-state index in [1.807, 2.05) is 6.07 Å². The van der Waals surface area contributed by atoms with Gasteiger partial charge in [0.1, 0.15) is 13.1 Å². The van der Waals surface area contributed by atoms with E-state index >= 15 is 0 Å². The Morgan fingerprint density at radius 2 is 1.85 bits per heavy atom. The van der Waals surface area contributed by atoms with Gasteiger partial charge in [-0.15, -0.1) is 0 Å². The molecule has 140 valence electrons. The molecule has 2 aromatic rings. The zero-order chi connectivity index (χ0) is 18.6. The number of benzene rings is 1. The highest BCUT2D eigenvalue weighted by atomic mass is 19.4. The molecule has 1 saturated heterocycles. The van der Waals surface area contributed by atoms with Crippen LogP contribution in [-0.2, 0) is 10.9 Å². The molecule has 1 atom stereocenters. The number of carbonyl (C=O) groups excluding carboxylic acids is 1. The fourth-order valence-electron chi connectivity index (χ4n) is 3.03. The lowest BCUT2D eigenvalue weighted by molar-refractivity contribution is -0.938. The van der Waals surface area contributed by atoms with Crippen molar-refractivity contribution < 1.29 is 32.0 Å². The van der Waals surface area contributed by atoms with Crippen LogP contribution in [0.3, 0.4) is 0 Å². The summed E-state index contributed by atoms with van der Waals surface area (Å²) in [4.78, 5) is 13.5. The predicted octanol–water partition coefficient (Wildman–Crippen LogP) is 1.68. The van der Waals surface area contributed by atoms with Gasteiger partial charge in [-0.1, -0.05) is 0 Å². The third-order valence-corrected chi connectivity index (χ3v) is 4.46. The van der Waals surface area contributed by atoms with Gasteiger partial charge in [0.2, 0.25) is 0 Å². The number of hydrogen-bond acceptors (Lipinski definition) is 3. The molecule has 26 heavy (non-hydrogen) atoms. The van der Waals surface area contributed by atoms with Crippen molar-refractivity contribution >= 4 is 5.91 Å². The van der Waals surface area contributed by atoms with Crippen LogP contribution < -0.4 is 10.2 Å². The maximum atomic E-state index is 12.6. The molecule has 1 aliphatic heterocycles. The molecular weight excluding hydrogens is 349 g/mol. The van der Waals surface area contributed by atoms with Crippen molar-refractivity contribution in [3.05, 3.63) is 59.5 Å². The molecule has 2 N–H and O–H groups in total. The molecule has 3 rings (SSSR count). The summed E-state index contributed by atoms with van der Waals surface area (Å²) < 4.78 is 48.7. The molecule has 5 nitrogen and oxygen atoms in total. The minimum atomic E-state index is -4.42. The minimum absolute atomic E-state index is 0.0766. The number of halogens is 3. The molecule has 1 fully saturated rings. The van der Waals surface area contributed by atoms with Crippen LogP contribution in [0.15, 0.2) is 47.1 Å². The van der Waals surface area contributed by atoms with Crippen LogP contribution in [0, 0.1) is 0 Å². The van der Waals surface area contributed by atoms with E-state index in [0.29, 0.717) is 19.8 Å². The largest absolute Gasteiger partial charge is 0.463 e. The van der Waals surface area contributed by atoms with Gasteiger partial charge < -0.3 is 19.4 Å². The van der Waals surface area contributed by atoms with Crippen LogP contribution >= 0.6 is 0 Å². The lowest BCUT2D eigenvalue weighted by atomic mass is 10.1. The van der Waals surface area contributed by atoms with Crippen molar-refractivity contribution in [1.29, 1.82) is 0 Å². The Labute approximate surface area is 148 Å². The van der Waals surface area contributed by atoms with Gasteiger partial charge in [-0.05, 0) is 36.4 Å². The van der Waals surface area contributed by atoms with Gasteiger partial charge in [-0.25, -0.2) is 0 Å². The Kier molecular flexibility index (Phi) is 5.63. The molecule has 1 aromatic heterocycles. The van der Waals surface area contributed by atoms with Crippen LogP contribution in [0.2, 0.25) is 0 Å². The second-order valence-electron chi connectivity index (χ2n) is 6.12. The van der Waals surface area contributed by atoms with Gasteiger partial charge >= 0.3 is 6.18 Å². The number of rotatable bonds is 5. The summed E-state index contributed by atoms with van der Waals surface area (Å²) in [5, 5.41) is 2.80. The molecule has 0 spiro atoms. The number of quaternary nitrogens is 1. The fourth-order valence-corrected chi connectivity index (χ4v) is 3.03. The number of furan rings is 1. The first-order chi connectivity index (χ1) is 12.4. The van der Waals surface area contributed by atoms with Gasteiger partial charge in [0, 0.05) is 5.56 Å². The van der Waals surface area contributed by atoms with Crippen molar-refractivity contribution in [1.82, 2.24) is 5.32 Å². The SMILES string of the molecule is O=C(NC[C@H](c1ccco1)[NH+]1CCOCC1)c1ccc(C(F)(F)F)cc1. The normalized spacial score (nSPS) is 17.0. The molecule has 8 heteroatoms. The number of carbonyl (C=O) groups is 1. The fraction of sp³-hybridized carbons (Fsp3) is 0.389. The highest BCUT2D eigenvalue weighted by molar-refractivity contribution is 5.94. The molecule has 0 saturated carbocycles. The van der Waals surface area contributed by atoms with Gasteiger partial charge in [0.05, 0.1) is 31.6 Å². The van der Waals surface area contributed by atoms with E-state index in [1.54, 1.807) is 12.3 Å². The first-order valence-electron chi connectivity index (χ1n) is 8.36. The second kappa shape index (κ2) is 7.92. The molecule has 0 unspecified atom stereocenters. The standard InChI is InChI=1S/C18H19F3N2O3/c19-18(20,21)14-5-3-13(4-6-14)17(24)22-12-15(16-2-1-9-26-16)23-7-10-25-11-8-23/h1-6,9,15H,7-8,10-12H2,(H,22,24)/p+1/t15-/m1/s1. The monoisotopic (exact) mass is 369 g/mol. The molecule has 2 heterocycles. The van der Waals surface area contributed by atoms with Crippen molar-refractivity contribution in [3.8, 4) is 0 Å². The number of amides is 1. The van der Waals surface area contributed by atoms with Crippen LogP contribution in [-0.4, -0.2) is 38.8 Å². The van der Waals surface area contributed by atoms with Crippen molar-refractivity contribution in [2.24, 2.45) is 0 Å². The number of nitrogens with one attached hydrogen (secondary N) is 2. The molecule has 1 aliphatic rings. The molecule has 1 amide bonds. The summed E-state index contributed by atoms with van der Waals surface area (Å²) >= 11 is 0. The minimum Gasteiger partial charge on any atom is -0.463 e. The van der Waals surface area contributed by atoms with E-state index in [9.17, 15) is 18.0 Å². The Bertz CT molecular complexity index is 708. The lowest BCUT2D eigenvalue weighted by Gasteiger charge is -2.30. The average Bonchev–Trinajstić information content (AvgIpc) is 3.16. The van der Waals surface area contributed by atoms with Crippen LogP contribution in [0.5, 0.6) is 0 Å². The molecular formula is C18H20F3N2O3+. The van der Waals surface area contributed by atoms with E-state index in [0.717, 1.165) is 31.0 Å². The van der Waals surface area contributed by atoms with Crippen molar-refractivity contribution in [3.63, 3.8) is 0 Å². The zero-order valence-electron chi connectivity index (χ0n) is 14.0. The Morgan fingerprint density at radius 3 is 2.42 bits per heavy atom. The molecule has 0 bridgehead atoms. The maximum absolute atomic E-state index is 12.6. The van der Waals surface area contributed by atoms with Crippen LogP contribution in [0.25, 0.3) is 0 Å². The smallest absolute Gasteiger partial charge is 0.416 e. The Balaban J connectivity index is 1.65. The van der Waals surface area contributed by atoms with Crippen LogP contribution in [0.4, 0.5) is 13.2 Å². The van der Waals surface area contributed by atoms with E-state index < -0.39 is 17.6 Å². The van der Waals surface area contributed by atoms with E-state index in [4.69, 9.17) is 9.15 Å². The molecule has 0 aliphatic carbocycles. The maximum Gasteiger partial charge on any atom is 0.416 e. The first-order valence-corrected chi connectivity index (χ1v) is 8.36. The van der Waals surface area contributed by atoms with Gasteiger partial charge in [-0.3, -0.25) is 4.79 Å². The zero-order valence-corrected chi connectivity index (χ0v) is 14.0. The third-order valence-electron chi connectivity index (χ3n) is 4.46. The Morgan fingerprint density at radius 1 is 1.15 bits per heavy atom. The average molecular weight is 369 g/mol.